The summed E-state index contributed by atoms with van der Waals surface area (Å²) in [5.41, 5.74) is 3.27. The molecule has 0 saturated carbocycles. The molecular formula is C15H12N2O2. The van der Waals surface area contributed by atoms with E-state index in [1.54, 1.807) is 28.9 Å². The molecular weight excluding hydrogens is 240 g/mol. The summed E-state index contributed by atoms with van der Waals surface area (Å²) in [4.78, 5) is 15.4. The lowest BCUT2D eigenvalue weighted by Crippen LogP contribution is -1.99. The second kappa shape index (κ2) is 4.24. The van der Waals surface area contributed by atoms with Crippen LogP contribution in [0.5, 0.6) is 0 Å². The average Bonchev–Trinajstić information content (AvgIpc) is 2.82. The minimum Gasteiger partial charge on any atom is -0.478 e. The van der Waals surface area contributed by atoms with E-state index in [4.69, 9.17) is 5.11 Å². The number of benzene rings is 1. The van der Waals surface area contributed by atoms with E-state index in [2.05, 4.69) is 4.98 Å². The van der Waals surface area contributed by atoms with E-state index < -0.39 is 5.97 Å². The van der Waals surface area contributed by atoms with E-state index in [0.717, 1.165) is 16.9 Å². The van der Waals surface area contributed by atoms with Gasteiger partial charge in [0.05, 0.1) is 17.3 Å². The first kappa shape index (κ1) is 11.5. The van der Waals surface area contributed by atoms with Gasteiger partial charge in [0.1, 0.15) is 5.82 Å². The lowest BCUT2D eigenvalue weighted by atomic mass is 10.1. The van der Waals surface area contributed by atoms with Crippen LogP contribution in [-0.2, 0) is 0 Å². The first-order chi connectivity index (χ1) is 9.15. The number of aromatic nitrogens is 2. The van der Waals surface area contributed by atoms with Gasteiger partial charge in [-0.05, 0) is 19.1 Å². The maximum Gasteiger partial charge on any atom is 0.337 e. The van der Waals surface area contributed by atoms with Gasteiger partial charge in [0.15, 0.2) is 0 Å². The second-order valence-electron chi connectivity index (χ2n) is 4.47. The van der Waals surface area contributed by atoms with Crippen molar-refractivity contribution in [3.8, 4) is 11.4 Å². The number of fused-ring (bicyclic) bond motifs is 1. The zero-order valence-electron chi connectivity index (χ0n) is 10.4. The van der Waals surface area contributed by atoms with Crippen molar-refractivity contribution in [2.45, 2.75) is 6.92 Å². The molecule has 1 aromatic carbocycles. The number of imidazole rings is 1. The second-order valence-corrected chi connectivity index (χ2v) is 4.47. The maximum absolute atomic E-state index is 11.0. The SMILES string of the molecule is Cc1ccc(-c2ncc3ccc(C(=O)O)cn23)cc1. The van der Waals surface area contributed by atoms with Gasteiger partial charge in [0.2, 0.25) is 0 Å². The van der Waals surface area contributed by atoms with Gasteiger partial charge in [-0.15, -0.1) is 0 Å². The molecule has 4 heteroatoms. The topological polar surface area (TPSA) is 54.6 Å². The van der Waals surface area contributed by atoms with Crippen LogP contribution in [0.4, 0.5) is 0 Å². The Morgan fingerprint density at radius 1 is 1.16 bits per heavy atom. The number of aromatic carboxylic acids is 1. The average molecular weight is 252 g/mol. The monoisotopic (exact) mass is 252 g/mol. The number of hydrogen-bond acceptors (Lipinski definition) is 2. The van der Waals surface area contributed by atoms with Gasteiger partial charge < -0.3 is 5.11 Å². The highest BCUT2D eigenvalue weighted by Crippen LogP contribution is 2.20. The molecule has 3 aromatic rings. The number of carbonyl (C=O) groups is 1. The van der Waals surface area contributed by atoms with Gasteiger partial charge in [-0.1, -0.05) is 29.8 Å². The van der Waals surface area contributed by atoms with Crippen molar-refractivity contribution >= 4 is 11.5 Å². The molecule has 0 amide bonds. The fourth-order valence-corrected chi connectivity index (χ4v) is 2.03. The highest BCUT2D eigenvalue weighted by molar-refractivity contribution is 5.88. The molecule has 0 radical (unpaired) electrons. The standard InChI is InChI=1S/C15H12N2O2/c1-10-2-4-11(5-3-10)14-16-8-13-7-6-12(15(18)19)9-17(13)14/h2-9H,1H3,(H,18,19). The molecule has 0 atom stereocenters. The normalized spacial score (nSPS) is 10.8. The van der Waals surface area contributed by atoms with Crippen LogP contribution >= 0.6 is 0 Å². The van der Waals surface area contributed by atoms with Gasteiger partial charge >= 0.3 is 5.97 Å². The molecule has 0 fully saturated rings. The van der Waals surface area contributed by atoms with Crippen molar-refractivity contribution in [2.24, 2.45) is 0 Å². The fraction of sp³-hybridized carbons (Fsp3) is 0.0667. The van der Waals surface area contributed by atoms with Gasteiger partial charge in [0, 0.05) is 11.8 Å². The molecule has 3 rings (SSSR count). The Labute approximate surface area is 110 Å². The van der Waals surface area contributed by atoms with E-state index >= 15 is 0 Å². The van der Waals surface area contributed by atoms with Crippen LogP contribution in [0.2, 0.25) is 0 Å². The Morgan fingerprint density at radius 3 is 2.58 bits per heavy atom. The van der Waals surface area contributed by atoms with Crippen molar-refractivity contribution in [2.75, 3.05) is 0 Å². The number of carboxylic acids is 1. The molecule has 0 unspecified atom stereocenters. The van der Waals surface area contributed by atoms with E-state index in [9.17, 15) is 4.79 Å². The molecule has 0 aliphatic rings. The van der Waals surface area contributed by atoms with Crippen LogP contribution < -0.4 is 0 Å². The van der Waals surface area contributed by atoms with Crippen LogP contribution in [0, 0.1) is 6.92 Å². The number of pyridine rings is 1. The third-order valence-electron chi connectivity index (χ3n) is 3.08. The summed E-state index contributed by atoms with van der Waals surface area (Å²) in [5, 5.41) is 9.05. The van der Waals surface area contributed by atoms with Crippen molar-refractivity contribution in [3.05, 3.63) is 59.9 Å². The Morgan fingerprint density at radius 2 is 1.89 bits per heavy atom. The zero-order chi connectivity index (χ0) is 13.4. The number of rotatable bonds is 2. The Balaban J connectivity index is 2.21. The Bertz CT molecular complexity index is 757. The van der Waals surface area contributed by atoms with E-state index in [1.165, 1.54) is 5.56 Å². The first-order valence-electron chi connectivity index (χ1n) is 5.92. The first-order valence-corrected chi connectivity index (χ1v) is 5.92. The predicted molar refractivity (Wildman–Crippen MR) is 72.3 cm³/mol. The molecule has 0 spiro atoms. The summed E-state index contributed by atoms with van der Waals surface area (Å²) in [6.07, 6.45) is 3.33. The summed E-state index contributed by atoms with van der Waals surface area (Å²) >= 11 is 0. The summed E-state index contributed by atoms with van der Waals surface area (Å²) in [5.74, 6) is -0.191. The van der Waals surface area contributed by atoms with Crippen LogP contribution in [0.25, 0.3) is 16.9 Å². The lowest BCUT2D eigenvalue weighted by molar-refractivity contribution is 0.0696. The molecule has 2 aromatic heterocycles. The molecule has 1 N–H and O–H groups in total. The third kappa shape index (κ3) is 1.97. The van der Waals surface area contributed by atoms with Gasteiger partial charge in [-0.2, -0.15) is 0 Å². The molecule has 0 bridgehead atoms. The van der Waals surface area contributed by atoms with Crippen LogP contribution in [0.15, 0.2) is 48.8 Å². The molecule has 0 aliphatic carbocycles. The van der Waals surface area contributed by atoms with Crippen molar-refractivity contribution < 1.29 is 9.90 Å². The van der Waals surface area contributed by atoms with Gasteiger partial charge in [-0.3, -0.25) is 4.40 Å². The van der Waals surface area contributed by atoms with E-state index in [-0.39, 0.29) is 5.56 Å². The van der Waals surface area contributed by atoms with Gasteiger partial charge in [-0.25, -0.2) is 9.78 Å². The zero-order valence-corrected chi connectivity index (χ0v) is 10.4. The summed E-state index contributed by atoms with van der Waals surface area (Å²) in [6.45, 7) is 2.02. The third-order valence-corrected chi connectivity index (χ3v) is 3.08. The minimum atomic E-state index is -0.939. The molecule has 4 nitrogen and oxygen atoms in total. The number of hydrogen-bond donors (Lipinski definition) is 1. The summed E-state index contributed by atoms with van der Waals surface area (Å²) in [6, 6.07) is 11.3. The smallest absolute Gasteiger partial charge is 0.337 e. The largest absolute Gasteiger partial charge is 0.478 e. The Kier molecular flexibility index (Phi) is 2.56. The molecule has 19 heavy (non-hydrogen) atoms. The minimum absolute atomic E-state index is 0.249. The van der Waals surface area contributed by atoms with Gasteiger partial charge in [0.25, 0.3) is 0 Å². The number of carboxylic acid groups (broad SMARTS) is 1. The maximum atomic E-state index is 11.0. The van der Waals surface area contributed by atoms with Crippen LogP contribution in [-0.4, -0.2) is 20.5 Å². The van der Waals surface area contributed by atoms with Crippen molar-refractivity contribution in [3.63, 3.8) is 0 Å². The molecule has 2 heterocycles. The number of nitrogens with zero attached hydrogens (tertiary/aromatic N) is 2. The van der Waals surface area contributed by atoms with E-state index in [0.29, 0.717) is 0 Å². The quantitative estimate of drug-likeness (QED) is 0.762. The van der Waals surface area contributed by atoms with Crippen LogP contribution in [0.1, 0.15) is 15.9 Å². The summed E-state index contributed by atoms with van der Waals surface area (Å²) in [7, 11) is 0. The Hall–Kier alpha value is -2.62. The molecule has 94 valence electrons. The van der Waals surface area contributed by atoms with Crippen molar-refractivity contribution in [1.82, 2.24) is 9.38 Å². The molecule has 0 aliphatic heterocycles. The highest BCUT2D eigenvalue weighted by Gasteiger charge is 2.09. The van der Waals surface area contributed by atoms with E-state index in [1.807, 2.05) is 31.2 Å². The summed E-state index contributed by atoms with van der Waals surface area (Å²) < 4.78 is 1.80. The fourth-order valence-electron chi connectivity index (χ4n) is 2.03. The molecule has 0 saturated heterocycles. The van der Waals surface area contributed by atoms with Crippen LogP contribution in [0.3, 0.4) is 0 Å². The highest BCUT2D eigenvalue weighted by atomic mass is 16.4. The van der Waals surface area contributed by atoms with Crippen molar-refractivity contribution in [1.29, 1.82) is 0 Å². The lowest BCUT2D eigenvalue weighted by Gasteiger charge is -2.03. The number of aryl methyl sites for hydroxylation is 1. The predicted octanol–water partition coefficient (Wildman–Crippen LogP) is 3.01.